The topological polar surface area (TPSA) is 336 Å². The van der Waals surface area contributed by atoms with Gasteiger partial charge in [-0.05, 0) is 56.6 Å². The molecule has 1 aromatic carbocycles. The molecule has 8 rings (SSSR count). The molecular weight excluding hydrogens is 1020 g/mol. The maximum Gasteiger partial charge on any atom is 0.251 e. The molecule has 3 amide bonds. The molecule has 2 saturated carbocycles. The molecule has 6 fully saturated rings. The van der Waals surface area contributed by atoms with Crippen molar-refractivity contribution < 1.29 is 92.8 Å². The van der Waals surface area contributed by atoms with Crippen molar-refractivity contribution in [1.29, 1.82) is 0 Å². The summed E-state index contributed by atoms with van der Waals surface area (Å²) in [6, 6.07) is 3.14. The van der Waals surface area contributed by atoms with Crippen molar-refractivity contribution in [2.75, 3.05) is 52.7 Å². The summed E-state index contributed by atoms with van der Waals surface area (Å²) in [6.45, 7) is 3.47. The molecule has 0 spiro atoms. The fraction of sp³-hybridized carbons (Fsp3) is 0.788. The van der Waals surface area contributed by atoms with E-state index < -0.39 is 153 Å². The second kappa shape index (κ2) is 26.6. The van der Waals surface area contributed by atoms with Gasteiger partial charge in [-0.15, -0.1) is 5.10 Å². The third-order valence-electron chi connectivity index (χ3n) is 16.3. The van der Waals surface area contributed by atoms with Gasteiger partial charge in [0.1, 0.15) is 84.1 Å². The van der Waals surface area contributed by atoms with Crippen molar-refractivity contribution in [3.8, 4) is 11.3 Å². The summed E-state index contributed by atoms with van der Waals surface area (Å²) >= 11 is 0. The van der Waals surface area contributed by atoms with E-state index in [0.717, 1.165) is 38.5 Å². The summed E-state index contributed by atoms with van der Waals surface area (Å²) in [6.07, 6.45) is -10.4. The maximum atomic E-state index is 14.3. The van der Waals surface area contributed by atoms with Crippen molar-refractivity contribution >= 4 is 17.7 Å². The van der Waals surface area contributed by atoms with Crippen LogP contribution < -0.4 is 10.6 Å². The Morgan fingerprint density at radius 2 is 1.66 bits per heavy atom. The largest absolute Gasteiger partial charge is 0.394 e. The normalized spacial score (nSPS) is 37.4. The first kappa shape index (κ1) is 59.2. The van der Waals surface area contributed by atoms with Gasteiger partial charge < -0.3 is 89.5 Å². The number of aliphatic hydroxyl groups excluding tert-OH is 7. The van der Waals surface area contributed by atoms with Crippen LogP contribution in [-0.4, -0.2) is 229 Å². The highest BCUT2D eigenvalue weighted by Crippen LogP contribution is 2.41. The Kier molecular flexibility index (Phi) is 20.4. The molecule has 10 N–H and O–H groups in total. The summed E-state index contributed by atoms with van der Waals surface area (Å²) in [5, 5.41) is 102. The van der Waals surface area contributed by atoms with Gasteiger partial charge in [-0.3, -0.25) is 14.4 Å². The van der Waals surface area contributed by atoms with Crippen molar-refractivity contribution in [2.45, 2.75) is 188 Å². The lowest BCUT2D eigenvalue weighted by Gasteiger charge is -2.49. The first-order valence-electron chi connectivity index (χ1n) is 27.3. The second-order valence-corrected chi connectivity index (χ2v) is 21.8. The monoisotopic (exact) mass is 1090 g/mol. The molecule has 5 heterocycles. The quantitative estimate of drug-likeness (QED) is 0.0658. The molecule has 0 radical (unpaired) electrons. The number of rotatable bonds is 21. The highest BCUT2D eigenvalue weighted by atomic mass is 19.1. The van der Waals surface area contributed by atoms with Gasteiger partial charge in [0.25, 0.3) is 5.91 Å². The van der Waals surface area contributed by atoms with Crippen LogP contribution in [0.15, 0.2) is 30.5 Å². The van der Waals surface area contributed by atoms with Gasteiger partial charge in [0, 0.05) is 38.0 Å². The zero-order valence-corrected chi connectivity index (χ0v) is 43.9. The van der Waals surface area contributed by atoms with Gasteiger partial charge in [-0.1, -0.05) is 62.8 Å². The third-order valence-corrected chi connectivity index (χ3v) is 16.3. The molecule has 19 atom stereocenters. The van der Waals surface area contributed by atoms with E-state index in [9.17, 15) is 59.6 Å². The minimum Gasteiger partial charge on any atom is -0.394 e. The zero-order chi connectivity index (χ0) is 55.1. The number of hydrogen-bond acceptors (Lipinski definition) is 20. The van der Waals surface area contributed by atoms with Crippen LogP contribution in [0.4, 0.5) is 4.39 Å². The number of nitrogens with zero attached hydrogens (tertiary/aromatic N) is 4. The lowest BCUT2D eigenvalue weighted by Crippen LogP contribution is -2.67. The lowest BCUT2D eigenvalue weighted by atomic mass is 9.75. The molecule has 25 heteroatoms. The Balaban J connectivity index is 0.990. The van der Waals surface area contributed by atoms with Crippen LogP contribution in [0, 0.1) is 23.6 Å². The van der Waals surface area contributed by atoms with Crippen LogP contribution >= 0.6 is 0 Å². The molecule has 12 unspecified atom stereocenters. The number of carbonyl (C=O) groups excluding carboxylic acids is 3. The number of halogens is 1. The maximum absolute atomic E-state index is 14.3. The molecule has 1 aromatic heterocycles. The number of benzene rings is 1. The second-order valence-electron chi connectivity index (χ2n) is 21.8. The van der Waals surface area contributed by atoms with Crippen molar-refractivity contribution in [2.24, 2.45) is 17.8 Å². The molecular formula is C52H79FN6O18. The molecule has 2 aromatic rings. The van der Waals surface area contributed by atoms with E-state index in [1.165, 1.54) is 42.9 Å². The van der Waals surface area contributed by atoms with Crippen LogP contribution in [-0.2, 0) is 47.5 Å². The van der Waals surface area contributed by atoms with Gasteiger partial charge >= 0.3 is 0 Å². The Morgan fingerprint density at radius 1 is 0.909 bits per heavy atom. The van der Waals surface area contributed by atoms with Gasteiger partial charge in [-0.2, -0.15) is 0 Å². The lowest BCUT2D eigenvalue weighted by molar-refractivity contribution is -0.338. The van der Waals surface area contributed by atoms with Gasteiger partial charge in [0.05, 0.1) is 57.5 Å². The van der Waals surface area contributed by atoms with Crippen molar-refractivity contribution in [1.82, 2.24) is 30.5 Å². The molecule has 24 nitrogen and oxygen atoms in total. The zero-order valence-electron chi connectivity index (χ0n) is 43.9. The predicted molar refractivity (Wildman–Crippen MR) is 265 cm³/mol. The first-order chi connectivity index (χ1) is 36.9. The van der Waals surface area contributed by atoms with E-state index in [0.29, 0.717) is 31.5 Å². The number of hydrogen-bond donors (Lipinski definition) is 10. The molecule has 6 aliphatic rings. The Bertz CT molecular complexity index is 2240. The first-order valence-corrected chi connectivity index (χ1v) is 27.3. The minimum absolute atomic E-state index is 0.0577. The van der Waals surface area contributed by atoms with Gasteiger partial charge in [0.15, 0.2) is 12.6 Å². The Labute approximate surface area is 446 Å². The van der Waals surface area contributed by atoms with E-state index in [2.05, 4.69) is 20.9 Å². The molecule has 4 saturated heterocycles. The highest BCUT2D eigenvalue weighted by molar-refractivity contribution is 5.81. The Morgan fingerprint density at radius 3 is 2.34 bits per heavy atom. The molecule has 2 aliphatic carbocycles. The minimum atomic E-state index is -1.92. The van der Waals surface area contributed by atoms with Crippen LogP contribution in [0.1, 0.15) is 91.0 Å². The van der Waals surface area contributed by atoms with Gasteiger partial charge in [0.2, 0.25) is 11.8 Å². The van der Waals surface area contributed by atoms with Crippen LogP contribution in [0.2, 0.25) is 0 Å². The fourth-order valence-electron chi connectivity index (χ4n) is 11.8. The van der Waals surface area contributed by atoms with E-state index in [4.69, 9.17) is 33.2 Å². The van der Waals surface area contributed by atoms with E-state index >= 15 is 0 Å². The summed E-state index contributed by atoms with van der Waals surface area (Å²) in [7, 11) is 0. The fourth-order valence-corrected chi connectivity index (χ4v) is 11.8. The highest BCUT2D eigenvalue weighted by Gasteiger charge is 2.54. The third kappa shape index (κ3) is 13.8. The molecule has 77 heavy (non-hydrogen) atoms. The number of nitrogens with one attached hydrogen (secondary N) is 2. The standard InChI is InChI=1S/C52H79FN6O18/c1-4-30-19-32(48(68)54-14-17-71-25-52(70)26-72-37(23-60)42(65)47(52)59-22-34(56-57-59)31-12-8-13-33(53)20-31)21-35(45(30)77-51-44(67)43(66)40(63)27(2)73-51)75-50-39(55-28(3)62)46(41(64)38(24-61)76-50)74-36(49(69)58-15-9-16-58)18-29-10-6-5-7-11-29/h8,12-13,20,22,27,29-30,32,35-47,50-51,60-61,63-67,70H,4-7,9-11,14-19,21,23-26H2,1-3H3,(H,54,68)(H,55,62)/t27?,30?,32?,35-,36+,37?,38?,39?,40-,41+,42-,43?,44?,45?,46?,47?,50-,51+,52?/m1/s1. The van der Waals surface area contributed by atoms with E-state index in [-0.39, 0.29) is 50.1 Å². The number of aliphatic hydroxyl groups is 8. The number of ether oxygens (including phenoxy) is 7. The predicted octanol–water partition coefficient (Wildman–Crippen LogP) is -1.19. The number of carbonyl (C=O) groups is 3. The van der Waals surface area contributed by atoms with Crippen LogP contribution in [0.25, 0.3) is 11.3 Å². The number of aromatic nitrogens is 3. The van der Waals surface area contributed by atoms with Crippen molar-refractivity contribution in [3.05, 3.63) is 36.3 Å². The van der Waals surface area contributed by atoms with E-state index in [1.54, 1.807) is 11.0 Å². The summed E-state index contributed by atoms with van der Waals surface area (Å²) < 4.78 is 58.9. The summed E-state index contributed by atoms with van der Waals surface area (Å²) in [4.78, 5) is 43.1. The summed E-state index contributed by atoms with van der Waals surface area (Å²) in [5.41, 5.74) is -1.26. The average molecular weight is 1100 g/mol. The van der Waals surface area contributed by atoms with Crippen molar-refractivity contribution in [3.63, 3.8) is 0 Å². The SMILES string of the molecule is CCC1CC(C(=O)NCCOCC2(O)COC(CO)[C@@H](O)C2n2cc(-c3cccc(F)c3)nn2)C[C@@H](O[C@@H]2OC(CO)[C@H](O)C(O[C@@H](CC3CCCCC3)C(=O)N3CCC3)C2NC(C)=O)C1O[C@@H]1OC(C)[C@@H](O)C(O)C1O. The van der Waals surface area contributed by atoms with E-state index in [1.807, 2.05) is 6.92 Å². The molecule has 432 valence electrons. The number of amides is 3. The smallest absolute Gasteiger partial charge is 0.251 e. The molecule has 4 aliphatic heterocycles. The van der Waals surface area contributed by atoms with Crippen LogP contribution in [0.3, 0.4) is 0 Å². The Hall–Kier alpha value is -3.90. The molecule has 0 bridgehead atoms. The average Bonchev–Trinajstić information content (AvgIpc) is 3.90. The summed E-state index contributed by atoms with van der Waals surface area (Å²) in [5.74, 6) is -2.79. The van der Waals surface area contributed by atoms with Gasteiger partial charge in [-0.25, -0.2) is 9.07 Å². The van der Waals surface area contributed by atoms with Crippen LogP contribution in [0.5, 0.6) is 0 Å². The number of likely N-dealkylation sites (tertiary alicyclic amines) is 1.